The van der Waals surface area contributed by atoms with E-state index in [9.17, 15) is 0 Å². The van der Waals surface area contributed by atoms with Crippen LogP contribution in [0.1, 0.15) is 32.0 Å². The third kappa shape index (κ3) is 4.56. The summed E-state index contributed by atoms with van der Waals surface area (Å²) in [5, 5.41) is 7.61. The van der Waals surface area contributed by atoms with E-state index in [2.05, 4.69) is 35.3 Å². The highest BCUT2D eigenvalue weighted by atomic mass is 16.5. The first-order valence-electron chi connectivity index (χ1n) is 7.46. The highest BCUT2D eigenvalue weighted by Gasteiger charge is 2.05. The van der Waals surface area contributed by atoms with Gasteiger partial charge in [0.1, 0.15) is 0 Å². The highest BCUT2D eigenvalue weighted by Crippen LogP contribution is 2.20. The Hall–Kier alpha value is -1.88. The predicted octanol–water partition coefficient (Wildman–Crippen LogP) is 3.14. The number of hydrogen-bond acceptors (Lipinski definition) is 4. The van der Waals surface area contributed by atoms with Gasteiger partial charge in [0, 0.05) is 24.8 Å². The van der Waals surface area contributed by atoms with E-state index in [0.717, 1.165) is 31.1 Å². The SMILES string of the molecule is CCn1cc(Oc2ccc(CNCC(C)C)c(C)n2)cn1. The molecule has 0 bridgehead atoms. The fourth-order valence-electron chi connectivity index (χ4n) is 2.00. The second-order valence-electron chi connectivity index (χ2n) is 5.55. The molecule has 0 unspecified atom stereocenters. The molecule has 0 saturated carbocycles. The van der Waals surface area contributed by atoms with Crippen molar-refractivity contribution in [1.82, 2.24) is 20.1 Å². The smallest absolute Gasteiger partial charge is 0.219 e. The molecule has 21 heavy (non-hydrogen) atoms. The molecule has 0 fully saturated rings. The van der Waals surface area contributed by atoms with E-state index < -0.39 is 0 Å². The van der Waals surface area contributed by atoms with Crippen LogP contribution in [0.25, 0.3) is 0 Å². The lowest BCUT2D eigenvalue weighted by atomic mass is 10.2. The number of nitrogens with zero attached hydrogens (tertiary/aromatic N) is 3. The topological polar surface area (TPSA) is 52.0 Å². The Bertz CT molecular complexity index is 577. The van der Waals surface area contributed by atoms with Crippen LogP contribution in [0.15, 0.2) is 24.5 Å². The van der Waals surface area contributed by atoms with Crippen molar-refractivity contribution in [3.8, 4) is 11.6 Å². The Labute approximate surface area is 126 Å². The Morgan fingerprint density at radius 2 is 2.14 bits per heavy atom. The molecule has 114 valence electrons. The summed E-state index contributed by atoms with van der Waals surface area (Å²) in [5.74, 6) is 1.97. The van der Waals surface area contributed by atoms with Gasteiger partial charge >= 0.3 is 0 Å². The number of ether oxygens (including phenoxy) is 1. The predicted molar refractivity (Wildman–Crippen MR) is 83.5 cm³/mol. The second-order valence-corrected chi connectivity index (χ2v) is 5.55. The highest BCUT2D eigenvalue weighted by molar-refractivity contribution is 5.28. The lowest BCUT2D eigenvalue weighted by Gasteiger charge is -2.10. The van der Waals surface area contributed by atoms with E-state index in [0.29, 0.717) is 11.8 Å². The van der Waals surface area contributed by atoms with E-state index in [-0.39, 0.29) is 0 Å². The molecule has 5 nitrogen and oxygen atoms in total. The second kappa shape index (κ2) is 7.22. The van der Waals surface area contributed by atoms with Gasteiger partial charge in [-0.25, -0.2) is 4.98 Å². The molecule has 1 N–H and O–H groups in total. The van der Waals surface area contributed by atoms with Gasteiger partial charge in [0.2, 0.25) is 5.88 Å². The molecule has 0 aliphatic heterocycles. The zero-order chi connectivity index (χ0) is 15.2. The van der Waals surface area contributed by atoms with E-state index in [4.69, 9.17) is 4.74 Å². The summed E-state index contributed by atoms with van der Waals surface area (Å²) >= 11 is 0. The van der Waals surface area contributed by atoms with Crippen LogP contribution in [0.4, 0.5) is 0 Å². The molecule has 0 radical (unpaired) electrons. The van der Waals surface area contributed by atoms with E-state index >= 15 is 0 Å². The van der Waals surface area contributed by atoms with Gasteiger partial charge in [-0.1, -0.05) is 19.9 Å². The molecule has 0 saturated heterocycles. The monoisotopic (exact) mass is 288 g/mol. The maximum Gasteiger partial charge on any atom is 0.219 e. The molecule has 0 aromatic carbocycles. The minimum absolute atomic E-state index is 0.607. The van der Waals surface area contributed by atoms with Gasteiger partial charge in [-0.05, 0) is 31.9 Å². The van der Waals surface area contributed by atoms with Gasteiger partial charge < -0.3 is 10.1 Å². The number of aromatic nitrogens is 3. The fourth-order valence-corrected chi connectivity index (χ4v) is 2.00. The van der Waals surface area contributed by atoms with Crippen LogP contribution in [0.3, 0.4) is 0 Å². The zero-order valence-corrected chi connectivity index (χ0v) is 13.3. The van der Waals surface area contributed by atoms with Crippen molar-refractivity contribution < 1.29 is 4.74 Å². The van der Waals surface area contributed by atoms with Gasteiger partial charge in [-0.3, -0.25) is 4.68 Å². The summed E-state index contributed by atoms with van der Waals surface area (Å²) in [7, 11) is 0. The Balaban J connectivity index is 1.97. The maximum absolute atomic E-state index is 5.72. The summed E-state index contributed by atoms with van der Waals surface area (Å²) in [6, 6.07) is 3.97. The molecule has 2 heterocycles. The first-order chi connectivity index (χ1) is 10.1. The van der Waals surface area contributed by atoms with E-state index in [1.807, 2.05) is 30.8 Å². The molecular weight excluding hydrogens is 264 g/mol. The van der Waals surface area contributed by atoms with Gasteiger partial charge in [-0.2, -0.15) is 5.10 Å². The number of rotatable bonds is 7. The number of aryl methyl sites for hydroxylation is 2. The zero-order valence-electron chi connectivity index (χ0n) is 13.3. The summed E-state index contributed by atoms with van der Waals surface area (Å²) in [6.07, 6.45) is 3.58. The Kier molecular flexibility index (Phi) is 5.33. The van der Waals surface area contributed by atoms with Crippen molar-refractivity contribution in [2.45, 2.75) is 40.8 Å². The average molecular weight is 288 g/mol. The molecule has 0 amide bonds. The Morgan fingerprint density at radius 3 is 2.76 bits per heavy atom. The first kappa shape index (κ1) is 15.5. The van der Waals surface area contributed by atoms with Crippen molar-refractivity contribution in [2.24, 2.45) is 5.92 Å². The van der Waals surface area contributed by atoms with Crippen LogP contribution in [-0.2, 0) is 13.1 Å². The Morgan fingerprint density at radius 1 is 1.33 bits per heavy atom. The lowest BCUT2D eigenvalue weighted by Crippen LogP contribution is -2.19. The normalized spacial score (nSPS) is 11.1. The largest absolute Gasteiger partial charge is 0.436 e. The molecule has 2 aromatic heterocycles. The molecule has 5 heteroatoms. The average Bonchev–Trinajstić information content (AvgIpc) is 2.88. The van der Waals surface area contributed by atoms with Crippen molar-refractivity contribution in [1.29, 1.82) is 0 Å². The van der Waals surface area contributed by atoms with Gasteiger partial charge in [0.25, 0.3) is 0 Å². The van der Waals surface area contributed by atoms with Gasteiger partial charge in [-0.15, -0.1) is 0 Å². The van der Waals surface area contributed by atoms with Crippen molar-refractivity contribution in [3.63, 3.8) is 0 Å². The minimum atomic E-state index is 0.607. The van der Waals surface area contributed by atoms with Gasteiger partial charge in [0.05, 0.1) is 12.4 Å². The number of nitrogens with one attached hydrogen (secondary N) is 1. The molecule has 2 rings (SSSR count). The summed E-state index contributed by atoms with van der Waals surface area (Å²) in [5.41, 5.74) is 2.19. The summed E-state index contributed by atoms with van der Waals surface area (Å²) in [6.45, 7) is 11.1. The van der Waals surface area contributed by atoms with E-state index in [1.165, 1.54) is 5.56 Å². The molecule has 2 aromatic rings. The van der Waals surface area contributed by atoms with Crippen LogP contribution >= 0.6 is 0 Å². The molecule has 0 aliphatic rings. The number of hydrogen-bond donors (Lipinski definition) is 1. The quantitative estimate of drug-likeness (QED) is 0.850. The summed E-state index contributed by atoms with van der Waals surface area (Å²) < 4.78 is 7.55. The molecular formula is C16H24N4O. The minimum Gasteiger partial charge on any atom is -0.436 e. The van der Waals surface area contributed by atoms with Crippen molar-refractivity contribution in [3.05, 3.63) is 35.8 Å². The maximum atomic E-state index is 5.72. The lowest BCUT2D eigenvalue weighted by molar-refractivity contribution is 0.459. The third-order valence-electron chi connectivity index (χ3n) is 3.19. The molecule has 0 aliphatic carbocycles. The third-order valence-corrected chi connectivity index (χ3v) is 3.19. The summed E-state index contributed by atoms with van der Waals surface area (Å²) in [4.78, 5) is 4.50. The first-order valence-corrected chi connectivity index (χ1v) is 7.46. The number of pyridine rings is 1. The molecule has 0 spiro atoms. The van der Waals surface area contributed by atoms with Crippen LogP contribution in [0, 0.1) is 12.8 Å². The fraction of sp³-hybridized carbons (Fsp3) is 0.500. The van der Waals surface area contributed by atoms with E-state index in [1.54, 1.807) is 6.20 Å². The molecule has 0 atom stereocenters. The van der Waals surface area contributed by atoms with Gasteiger partial charge in [0.15, 0.2) is 5.75 Å². The van der Waals surface area contributed by atoms with Crippen molar-refractivity contribution in [2.75, 3.05) is 6.54 Å². The van der Waals surface area contributed by atoms with Crippen LogP contribution in [0.2, 0.25) is 0 Å². The van der Waals surface area contributed by atoms with Crippen LogP contribution in [-0.4, -0.2) is 21.3 Å². The van der Waals surface area contributed by atoms with Crippen LogP contribution in [0.5, 0.6) is 11.6 Å². The van der Waals surface area contributed by atoms with Crippen molar-refractivity contribution >= 4 is 0 Å². The van der Waals surface area contributed by atoms with Crippen LogP contribution < -0.4 is 10.1 Å². The standard InChI is InChI=1S/C16H24N4O/c1-5-20-11-15(10-18-20)21-16-7-6-14(13(4)19-16)9-17-8-12(2)3/h6-7,10-12,17H,5,8-9H2,1-4H3.